The van der Waals surface area contributed by atoms with Crippen LogP contribution in [0.4, 0.5) is 14.7 Å². The highest BCUT2D eigenvalue weighted by Crippen LogP contribution is 2.35. The van der Waals surface area contributed by atoms with Gasteiger partial charge in [-0.15, -0.1) is 0 Å². The summed E-state index contributed by atoms with van der Waals surface area (Å²) < 4.78 is 34.4. The number of fused-ring (bicyclic) bond motifs is 1. The van der Waals surface area contributed by atoms with Gasteiger partial charge in [0, 0.05) is 20.1 Å². The number of halogens is 2. The summed E-state index contributed by atoms with van der Waals surface area (Å²) in [7, 11) is 0.908. The number of aliphatic hydroxyl groups excluding tert-OH is 1. The summed E-state index contributed by atoms with van der Waals surface area (Å²) in [6.07, 6.45) is -2.38. The van der Waals surface area contributed by atoms with Crippen molar-refractivity contribution in [3.63, 3.8) is 0 Å². The fourth-order valence-electron chi connectivity index (χ4n) is 2.27. The average Bonchev–Trinajstić information content (AvgIpc) is 2.91. The highest BCUT2D eigenvalue weighted by molar-refractivity contribution is 5.70. The van der Waals surface area contributed by atoms with Crippen molar-refractivity contribution in [3.8, 4) is 0 Å². The fraction of sp³-hybridized carbons (Fsp3) is 0.583. The van der Waals surface area contributed by atoms with E-state index < -0.39 is 36.3 Å². The number of methoxy groups -OCH3 is 1. The van der Waals surface area contributed by atoms with Gasteiger partial charge in [0.15, 0.2) is 16.9 Å². The SMILES string of the molecule is COC(F)(CCO)[C@@H](F)[C@@](C)(O)n1cnc2c(=O)[nH]c(N)nc21. The lowest BCUT2D eigenvalue weighted by Crippen LogP contribution is -2.53. The molecule has 0 spiro atoms. The number of ether oxygens (including phenoxy) is 1. The van der Waals surface area contributed by atoms with E-state index in [-0.39, 0.29) is 17.1 Å². The van der Waals surface area contributed by atoms with E-state index in [2.05, 4.69) is 19.7 Å². The van der Waals surface area contributed by atoms with Crippen LogP contribution in [0.3, 0.4) is 0 Å². The van der Waals surface area contributed by atoms with E-state index in [1.165, 1.54) is 0 Å². The molecule has 2 aromatic rings. The summed E-state index contributed by atoms with van der Waals surface area (Å²) in [4.78, 5) is 21.4. The van der Waals surface area contributed by atoms with Crippen LogP contribution >= 0.6 is 0 Å². The van der Waals surface area contributed by atoms with Gasteiger partial charge in [-0.25, -0.2) is 13.8 Å². The Balaban J connectivity index is 2.57. The van der Waals surface area contributed by atoms with Crippen LogP contribution in [0, 0.1) is 0 Å². The molecule has 128 valence electrons. The number of H-pyrrole nitrogens is 1. The third-order valence-electron chi connectivity index (χ3n) is 3.56. The molecule has 0 aliphatic carbocycles. The second-order valence-electron chi connectivity index (χ2n) is 5.16. The zero-order chi connectivity index (χ0) is 17.4. The molecule has 2 heterocycles. The topological polar surface area (TPSA) is 139 Å². The van der Waals surface area contributed by atoms with Gasteiger partial charge in [-0.1, -0.05) is 0 Å². The molecule has 0 bridgehead atoms. The Bertz CT molecular complexity index is 761. The van der Waals surface area contributed by atoms with E-state index in [9.17, 15) is 18.7 Å². The maximum atomic E-state index is 14.7. The normalized spacial score (nSPS) is 18.5. The predicted molar refractivity (Wildman–Crippen MR) is 75.9 cm³/mol. The Labute approximate surface area is 128 Å². The van der Waals surface area contributed by atoms with E-state index in [1.807, 2.05) is 0 Å². The minimum atomic E-state index is -2.96. The molecule has 0 aliphatic heterocycles. The molecule has 2 rings (SSSR count). The number of rotatable bonds is 6. The third-order valence-corrected chi connectivity index (χ3v) is 3.56. The van der Waals surface area contributed by atoms with Crippen LogP contribution < -0.4 is 11.3 Å². The molecule has 11 heteroatoms. The van der Waals surface area contributed by atoms with Crippen molar-refractivity contribution in [3.05, 3.63) is 16.7 Å². The molecule has 5 N–H and O–H groups in total. The minimum absolute atomic E-state index is 0.198. The zero-order valence-corrected chi connectivity index (χ0v) is 12.5. The highest BCUT2D eigenvalue weighted by atomic mass is 19.2. The smallest absolute Gasteiger partial charge is 0.280 e. The number of nitrogens with zero attached hydrogens (tertiary/aromatic N) is 3. The largest absolute Gasteiger partial charge is 0.396 e. The number of aromatic nitrogens is 4. The third kappa shape index (κ3) is 2.78. The number of nitrogens with two attached hydrogens (primary N) is 1. The van der Waals surface area contributed by atoms with E-state index in [4.69, 9.17) is 10.8 Å². The van der Waals surface area contributed by atoms with Crippen LogP contribution in [0.5, 0.6) is 0 Å². The monoisotopic (exact) mass is 333 g/mol. The second-order valence-corrected chi connectivity index (χ2v) is 5.16. The summed E-state index contributed by atoms with van der Waals surface area (Å²) in [5.41, 5.74) is 1.80. The van der Waals surface area contributed by atoms with Gasteiger partial charge < -0.3 is 20.7 Å². The van der Waals surface area contributed by atoms with Crippen molar-refractivity contribution in [2.45, 2.75) is 31.1 Å². The van der Waals surface area contributed by atoms with Gasteiger partial charge in [-0.2, -0.15) is 4.98 Å². The number of imidazole rings is 1. The van der Waals surface area contributed by atoms with Crippen LogP contribution in [0.15, 0.2) is 11.1 Å². The summed E-state index contributed by atoms with van der Waals surface area (Å²) in [5.74, 6) is -3.23. The van der Waals surface area contributed by atoms with Crippen LogP contribution in [0.25, 0.3) is 11.2 Å². The first kappa shape index (κ1) is 17.2. The summed E-state index contributed by atoms with van der Waals surface area (Å²) in [6.45, 7) is 0.263. The molecule has 9 nitrogen and oxygen atoms in total. The van der Waals surface area contributed by atoms with Gasteiger partial charge >= 0.3 is 0 Å². The first-order valence-electron chi connectivity index (χ1n) is 6.62. The number of aromatic amines is 1. The number of nitrogen functional groups attached to an aromatic ring is 1. The standard InChI is InChI=1S/C12H17F2N5O4/c1-11(22,9(13)12(14,23-2)3-4-20)19-5-16-6-7(19)17-10(15)18-8(6)21/h5,9,20,22H,3-4H2,1-2H3,(H3,15,17,18,21)/t9-,11+,12?/m0/s1. The molecular formula is C12H17F2N5O4. The molecule has 2 aromatic heterocycles. The highest BCUT2D eigenvalue weighted by Gasteiger charge is 2.52. The number of alkyl halides is 2. The second kappa shape index (κ2) is 5.83. The molecule has 0 aliphatic rings. The number of hydrogen-bond acceptors (Lipinski definition) is 7. The number of hydrogen-bond donors (Lipinski definition) is 4. The summed E-state index contributed by atoms with van der Waals surface area (Å²) >= 11 is 0. The van der Waals surface area contributed by atoms with Crippen LogP contribution in [0.2, 0.25) is 0 Å². The van der Waals surface area contributed by atoms with E-state index >= 15 is 0 Å². The molecule has 0 amide bonds. The number of nitrogens with one attached hydrogen (secondary N) is 1. The fourth-order valence-corrected chi connectivity index (χ4v) is 2.27. The first-order valence-corrected chi connectivity index (χ1v) is 6.62. The maximum absolute atomic E-state index is 14.7. The van der Waals surface area contributed by atoms with Crippen LogP contribution in [-0.2, 0) is 10.5 Å². The predicted octanol–water partition coefficient (Wildman–Crippen LogP) is -0.601. The van der Waals surface area contributed by atoms with Crippen LogP contribution in [0.1, 0.15) is 13.3 Å². The van der Waals surface area contributed by atoms with Crippen molar-refractivity contribution in [1.82, 2.24) is 19.5 Å². The van der Waals surface area contributed by atoms with Crippen LogP contribution in [-0.4, -0.2) is 55.5 Å². The molecule has 0 saturated heterocycles. The summed E-state index contributed by atoms with van der Waals surface area (Å²) in [5, 5.41) is 19.3. The van der Waals surface area contributed by atoms with Gasteiger partial charge in [0.1, 0.15) is 0 Å². The van der Waals surface area contributed by atoms with Crippen molar-refractivity contribution in [1.29, 1.82) is 0 Å². The first-order chi connectivity index (χ1) is 10.7. The van der Waals surface area contributed by atoms with Crippen molar-refractivity contribution in [2.75, 3.05) is 19.5 Å². The Morgan fingerprint density at radius 3 is 2.83 bits per heavy atom. The molecule has 23 heavy (non-hydrogen) atoms. The molecule has 0 saturated carbocycles. The van der Waals surface area contributed by atoms with Gasteiger partial charge in [0.05, 0.1) is 6.33 Å². The molecule has 0 fully saturated rings. The molecule has 3 atom stereocenters. The lowest BCUT2D eigenvalue weighted by Gasteiger charge is -2.36. The quantitative estimate of drug-likeness (QED) is 0.553. The Hall–Kier alpha value is -2.11. The van der Waals surface area contributed by atoms with E-state index in [0.717, 1.165) is 24.9 Å². The van der Waals surface area contributed by atoms with Crippen molar-refractivity contribution < 1.29 is 23.7 Å². The molecular weight excluding hydrogens is 316 g/mol. The van der Waals surface area contributed by atoms with Crippen molar-refractivity contribution >= 4 is 17.1 Å². The van der Waals surface area contributed by atoms with Gasteiger partial charge in [0.25, 0.3) is 5.56 Å². The van der Waals surface area contributed by atoms with Gasteiger partial charge in [-0.3, -0.25) is 14.3 Å². The Morgan fingerprint density at radius 2 is 2.26 bits per heavy atom. The zero-order valence-electron chi connectivity index (χ0n) is 12.5. The van der Waals surface area contributed by atoms with Crippen molar-refractivity contribution in [2.24, 2.45) is 0 Å². The lowest BCUT2D eigenvalue weighted by molar-refractivity contribution is -0.242. The molecule has 0 aromatic carbocycles. The Morgan fingerprint density at radius 1 is 1.61 bits per heavy atom. The summed E-state index contributed by atoms with van der Waals surface area (Å²) in [6, 6.07) is 0. The number of aliphatic hydroxyl groups is 2. The molecule has 1 unspecified atom stereocenters. The number of anilines is 1. The molecule has 0 radical (unpaired) electrons. The van der Waals surface area contributed by atoms with E-state index in [0.29, 0.717) is 0 Å². The minimum Gasteiger partial charge on any atom is -0.396 e. The maximum Gasteiger partial charge on any atom is 0.280 e. The van der Waals surface area contributed by atoms with Gasteiger partial charge in [-0.05, 0) is 6.92 Å². The van der Waals surface area contributed by atoms with Gasteiger partial charge in [0.2, 0.25) is 18.0 Å². The Kier molecular flexibility index (Phi) is 4.37. The average molecular weight is 333 g/mol. The van der Waals surface area contributed by atoms with E-state index in [1.54, 1.807) is 0 Å². The lowest BCUT2D eigenvalue weighted by atomic mass is 9.99.